The maximum absolute atomic E-state index is 12.7. The number of hydrazine groups is 1. The van der Waals surface area contributed by atoms with Crippen LogP contribution in [-0.2, 0) is 10.9 Å². The van der Waals surface area contributed by atoms with Crippen LogP contribution in [0.1, 0.15) is 26.3 Å². The van der Waals surface area contributed by atoms with Crippen LogP contribution >= 0.6 is 11.6 Å². The van der Waals surface area contributed by atoms with E-state index in [0.29, 0.717) is 25.7 Å². The first-order valence-corrected chi connectivity index (χ1v) is 8.10. The maximum atomic E-state index is 12.7. The molecule has 1 aliphatic rings. The summed E-state index contributed by atoms with van der Waals surface area (Å²) < 4.78 is 43.7. The van der Waals surface area contributed by atoms with Gasteiger partial charge >= 0.3 is 6.18 Å². The van der Waals surface area contributed by atoms with E-state index in [-0.39, 0.29) is 11.7 Å². The zero-order valence-corrected chi connectivity index (χ0v) is 14.6. The van der Waals surface area contributed by atoms with Gasteiger partial charge in [-0.3, -0.25) is 10.4 Å². The largest absolute Gasteiger partial charge is 0.419 e. The van der Waals surface area contributed by atoms with Crippen LogP contribution in [0.4, 0.5) is 19.0 Å². The molecule has 2 heterocycles. The second kappa shape index (κ2) is 7.61. The second-order valence-corrected chi connectivity index (χ2v) is 6.67. The minimum absolute atomic E-state index is 0.265. The van der Waals surface area contributed by atoms with Gasteiger partial charge in [0.05, 0.1) is 12.2 Å². The van der Waals surface area contributed by atoms with Crippen molar-refractivity contribution in [3.05, 3.63) is 34.6 Å². The first-order chi connectivity index (χ1) is 11.2. The SMILES string of the molecule is CC(C)COCC1=CN(Nc2ccc(C(F)(F)F)c(Cl)n2)CC1C. The summed E-state index contributed by atoms with van der Waals surface area (Å²) in [6, 6.07) is 2.19. The highest BCUT2D eigenvalue weighted by Gasteiger charge is 2.34. The number of hydrogen-bond donors (Lipinski definition) is 1. The number of halogens is 4. The number of ether oxygens (including phenoxy) is 1. The van der Waals surface area contributed by atoms with Crippen LogP contribution in [0.15, 0.2) is 23.9 Å². The molecule has 134 valence electrons. The lowest BCUT2D eigenvalue weighted by molar-refractivity contribution is -0.137. The van der Waals surface area contributed by atoms with Crippen molar-refractivity contribution in [2.45, 2.75) is 26.9 Å². The van der Waals surface area contributed by atoms with E-state index < -0.39 is 16.9 Å². The zero-order chi connectivity index (χ0) is 17.9. The van der Waals surface area contributed by atoms with Crippen molar-refractivity contribution in [1.29, 1.82) is 0 Å². The number of aromatic nitrogens is 1. The normalized spacial score (nSPS) is 18.2. The molecule has 2 rings (SSSR count). The summed E-state index contributed by atoms with van der Waals surface area (Å²) in [7, 11) is 0. The molecule has 0 aromatic carbocycles. The minimum atomic E-state index is -4.51. The van der Waals surface area contributed by atoms with E-state index in [9.17, 15) is 13.2 Å². The Morgan fingerprint density at radius 3 is 2.71 bits per heavy atom. The molecule has 0 saturated heterocycles. The third kappa shape index (κ3) is 5.01. The van der Waals surface area contributed by atoms with Crippen molar-refractivity contribution >= 4 is 17.4 Å². The van der Waals surface area contributed by atoms with Crippen LogP contribution in [0.3, 0.4) is 0 Å². The van der Waals surface area contributed by atoms with E-state index in [0.717, 1.165) is 11.6 Å². The molecule has 0 bridgehead atoms. The Morgan fingerprint density at radius 1 is 1.42 bits per heavy atom. The molecule has 0 radical (unpaired) electrons. The molecule has 0 saturated carbocycles. The standard InChI is InChI=1S/C16H21ClF3N3O/c1-10(2)8-24-9-12-7-23(6-11(12)3)22-14-5-4-13(15(17)21-14)16(18,19)20/h4-5,7,10-11H,6,8-9H2,1-3H3,(H,21,22). The van der Waals surface area contributed by atoms with Crippen molar-refractivity contribution in [3.8, 4) is 0 Å². The molecule has 8 heteroatoms. The lowest BCUT2D eigenvalue weighted by Crippen LogP contribution is -2.25. The number of rotatable bonds is 6. The predicted molar refractivity (Wildman–Crippen MR) is 87.5 cm³/mol. The predicted octanol–water partition coefficient (Wildman–Crippen LogP) is 4.59. The number of alkyl halides is 3. The summed E-state index contributed by atoms with van der Waals surface area (Å²) in [5.74, 6) is 1.02. The van der Waals surface area contributed by atoms with Gasteiger partial charge in [-0.15, -0.1) is 0 Å². The van der Waals surface area contributed by atoms with Gasteiger partial charge in [0, 0.05) is 25.3 Å². The third-order valence-electron chi connectivity index (χ3n) is 3.56. The Hall–Kier alpha value is -1.47. The molecule has 1 N–H and O–H groups in total. The van der Waals surface area contributed by atoms with Gasteiger partial charge in [-0.2, -0.15) is 13.2 Å². The molecule has 4 nitrogen and oxygen atoms in total. The Kier molecular flexibility index (Phi) is 5.98. The fraction of sp³-hybridized carbons (Fsp3) is 0.562. The van der Waals surface area contributed by atoms with Crippen LogP contribution in [0.25, 0.3) is 0 Å². The van der Waals surface area contributed by atoms with E-state index in [1.165, 1.54) is 6.07 Å². The van der Waals surface area contributed by atoms with E-state index in [1.807, 2.05) is 6.20 Å². The average Bonchev–Trinajstić information content (AvgIpc) is 2.77. The molecule has 0 fully saturated rings. The Morgan fingerprint density at radius 2 is 2.12 bits per heavy atom. The van der Waals surface area contributed by atoms with Crippen LogP contribution in [0, 0.1) is 11.8 Å². The van der Waals surface area contributed by atoms with Crippen LogP contribution in [0.5, 0.6) is 0 Å². The molecule has 1 aromatic heterocycles. The average molecular weight is 364 g/mol. The van der Waals surface area contributed by atoms with Gasteiger partial charge in [0.25, 0.3) is 0 Å². The lowest BCUT2D eigenvalue weighted by Gasteiger charge is -2.19. The molecule has 1 aromatic rings. The van der Waals surface area contributed by atoms with Crippen LogP contribution in [-0.4, -0.2) is 29.8 Å². The number of pyridine rings is 1. The van der Waals surface area contributed by atoms with Gasteiger partial charge in [-0.25, -0.2) is 4.98 Å². The van der Waals surface area contributed by atoms with Crippen molar-refractivity contribution in [3.63, 3.8) is 0 Å². The topological polar surface area (TPSA) is 37.4 Å². The monoisotopic (exact) mass is 363 g/mol. The second-order valence-electron chi connectivity index (χ2n) is 6.31. The van der Waals surface area contributed by atoms with Gasteiger partial charge < -0.3 is 4.74 Å². The first-order valence-electron chi connectivity index (χ1n) is 7.72. The fourth-order valence-corrected chi connectivity index (χ4v) is 2.58. The van der Waals surface area contributed by atoms with Gasteiger partial charge in [0.2, 0.25) is 0 Å². The fourth-order valence-electron chi connectivity index (χ4n) is 2.32. The maximum Gasteiger partial charge on any atom is 0.419 e. The lowest BCUT2D eigenvalue weighted by atomic mass is 10.1. The Bertz CT molecular complexity index is 605. The summed E-state index contributed by atoms with van der Waals surface area (Å²) in [5, 5.41) is 1.22. The highest BCUT2D eigenvalue weighted by atomic mass is 35.5. The number of anilines is 1. The van der Waals surface area contributed by atoms with Gasteiger partial charge in [-0.05, 0) is 23.6 Å². The van der Waals surface area contributed by atoms with Gasteiger partial charge in [0.1, 0.15) is 11.0 Å². The first kappa shape index (κ1) is 18.9. The van der Waals surface area contributed by atoms with Gasteiger partial charge in [0.15, 0.2) is 0 Å². The highest BCUT2D eigenvalue weighted by Crippen LogP contribution is 2.34. The third-order valence-corrected chi connectivity index (χ3v) is 3.85. The summed E-state index contributed by atoms with van der Waals surface area (Å²) in [5.41, 5.74) is 3.14. The van der Waals surface area contributed by atoms with E-state index in [1.54, 1.807) is 5.01 Å². The molecule has 1 unspecified atom stereocenters. The highest BCUT2D eigenvalue weighted by molar-refractivity contribution is 6.30. The number of hydrogen-bond acceptors (Lipinski definition) is 4. The molecule has 24 heavy (non-hydrogen) atoms. The number of nitrogens with one attached hydrogen (secondary N) is 1. The molecule has 0 aliphatic carbocycles. The quantitative estimate of drug-likeness (QED) is 0.750. The van der Waals surface area contributed by atoms with Crippen LogP contribution < -0.4 is 5.43 Å². The minimum Gasteiger partial charge on any atom is -0.377 e. The summed E-state index contributed by atoms with van der Waals surface area (Å²) in [6.07, 6.45) is -2.61. The molecule has 0 spiro atoms. The van der Waals surface area contributed by atoms with Crippen molar-refractivity contribution in [1.82, 2.24) is 9.99 Å². The molecule has 1 atom stereocenters. The van der Waals surface area contributed by atoms with Crippen molar-refractivity contribution in [2.75, 3.05) is 25.2 Å². The molecule has 1 aliphatic heterocycles. The zero-order valence-electron chi connectivity index (χ0n) is 13.8. The Labute approximate surface area is 144 Å². The summed E-state index contributed by atoms with van der Waals surface area (Å²) in [4.78, 5) is 3.77. The van der Waals surface area contributed by atoms with Crippen molar-refractivity contribution in [2.24, 2.45) is 11.8 Å². The summed E-state index contributed by atoms with van der Waals surface area (Å²) in [6.45, 7) is 8.15. The van der Waals surface area contributed by atoms with Crippen LogP contribution in [0.2, 0.25) is 5.15 Å². The van der Waals surface area contributed by atoms with E-state index in [2.05, 4.69) is 31.2 Å². The van der Waals surface area contributed by atoms with E-state index >= 15 is 0 Å². The number of nitrogens with zero attached hydrogens (tertiary/aromatic N) is 2. The molecular formula is C16H21ClF3N3O. The Balaban J connectivity index is 1.99. The molecule has 0 amide bonds. The van der Waals surface area contributed by atoms with Gasteiger partial charge in [-0.1, -0.05) is 32.4 Å². The van der Waals surface area contributed by atoms with Crippen molar-refractivity contribution < 1.29 is 17.9 Å². The smallest absolute Gasteiger partial charge is 0.377 e. The summed E-state index contributed by atoms with van der Waals surface area (Å²) >= 11 is 5.63. The van der Waals surface area contributed by atoms with E-state index in [4.69, 9.17) is 16.3 Å². The molecular weight excluding hydrogens is 343 g/mol.